The lowest BCUT2D eigenvalue weighted by Crippen LogP contribution is -2.47. The highest BCUT2D eigenvalue weighted by molar-refractivity contribution is 5.75. The number of hydrogen-bond donors (Lipinski definition) is 1. The number of carbonyl (C=O) groups is 1. The molecule has 1 saturated heterocycles. The van der Waals surface area contributed by atoms with E-state index >= 15 is 0 Å². The van der Waals surface area contributed by atoms with Gasteiger partial charge in [-0.1, -0.05) is 6.92 Å². The molecule has 0 saturated carbocycles. The second-order valence-corrected chi connectivity index (χ2v) is 4.78. The molecule has 106 valence electrons. The highest BCUT2D eigenvalue weighted by atomic mass is 16.5. The minimum atomic E-state index is -0.190. The summed E-state index contributed by atoms with van der Waals surface area (Å²) in [4.78, 5) is 14.0. The zero-order chi connectivity index (χ0) is 13.4. The van der Waals surface area contributed by atoms with Crippen molar-refractivity contribution < 1.29 is 14.3 Å². The van der Waals surface area contributed by atoms with E-state index < -0.39 is 0 Å². The first-order valence-electron chi connectivity index (χ1n) is 6.82. The molecule has 1 fully saturated rings. The van der Waals surface area contributed by atoms with Crippen molar-refractivity contribution in [3.63, 3.8) is 0 Å². The molecule has 2 atom stereocenters. The molecule has 0 radical (unpaired) electrons. The zero-order valence-corrected chi connectivity index (χ0v) is 11.8. The van der Waals surface area contributed by atoms with Crippen LogP contribution in [-0.4, -0.2) is 62.9 Å². The Bertz CT molecular complexity index is 248. The second-order valence-electron chi connectivity index (χ2n) is 4.78. The van der Waals surface area contributed by atoms with Gasteiger partial charge >= 0.3 is 5.97 Å². The Morgan fingerprint density at radius 3 is 3.00 bits per heavy atom. The number of hydrogen-bond acceptors (Lipinski definition) is 5. The fraction of sp³-hybridized carbons (Fsp3) is 0.923. The third kappa shape index (κ3) is 4.92. The van der Waals surface area contributed by atoms with Crippen LogP contribution < -0.4 is 5.32 Å². The summed E-state index contributed by atoms with van der Waals surface area (Å²) in [6.45, 7) is 8.51. The molecule has 5 heteroatoms. The largest absolute Gasteiger partial charge is 0.468 e. The molecular weight excluding hydrogens is 232 g/mol. The van der Waals surface area contributed by atoms with Gasteiger partial charge in [-0.15, -0.1) is 0 Å². The van der Waals surface area contributed by atoms with E-state index in [0.29, 0.717) is 6.04 Å². The smallest absolute Gasteiger partial charge is 0.322 e. The summed E-state index contributed by atoms with van der Waals surface area (Å²) >= 11 is 0. The first-order chi connectivity index (χ1) is 8.69. The van der Waals surface area contributed by atoms with E-state index in [4.69, 9.17) is 9.47 Å². The van der Waals surface area contributed by atoms with Gasteiger partial charge in [-0.05, 0) is 26.3 Å². The topological polar surface area (TPSA) is 50.8 Å². The van der Waals surface area contributed by atoms with Crippen molar-refractivity contribution in [3.8, 4) is 0 Å². The average molecular weight is 258 g/mol. The van der Waals surface area contributed by atoms with Crippen LogP contribution in [-0.2, 0) is 14.3 Å². The van der Waals surface area contributed by atoms with E-state index in [2.05, 4.69) is 24.1 Å². The second kappa shape index (κ2) is 8.45. The van der Waals surface area contributed by atoms with Gasteiger partial charge in [0.2, 0.25) is 0 Å². The van der Waals surface area contributed by atoms with Crippen molar-refractivity contribution >= 4 is 5.97 Å². The minimum Gasteiger partial charge on any atom is -0.468 e. The van der Waals surface area contributed by atoms with Crippen LogP contribution >= 0.6 is 0 Å². The number of nitrogens with zero attached hydrogens (tertiary/aromatic N) is 1. The molecular formula is C13H26N2O3. The summed E-state index contributed by atoms with van der Waals surface area (Å²) in [6.07, 6.45) is 1.80. The molecule has 0 aromatic heterocycles. The number of methoxy groups -OCH3 is 1. The third-order valence-corrected chi connectivity index (χ3v) is 3.34. The van der Waals surface area contributed by atoms with Crippen LogP contribution in [0.3, 0.4) is 0 Å². The molecule has 1 heterocycles. The summed E-state index contributed by atoms with van der Waals surface area (Å²) < 4.78 is 10.2. The number of nitrogens with one attached hydrogen (secondary N) is 1. The van der Waals surface area contributed by atoms with Gasteiger partial charge in [0, 0.05) is 19.1 Å². The average Bonchev–Trinajstić information content (AvgIpc) is 2.40. The Balaban J connectivity index is 2.37. The molecule has 0 aromatic rings. The Labute approximate surface area is 110 Å². The predicted octanol–water partition coefficient (Wildman–Crippen LogP) is 0.638. The fourth-order valence-corrected chi connectivity index (χ4v) is 2.15. The molecule has 0 aromatic carbocycles. The van der Waals surface area contributed by atoms with E-state index in [1.807, 2.05) is 0 Å². The number of ether oxygens (including phenoxy) is 2. The summed E-state index contributed by atoms with van der Waals surface area (Å²) in [5, 5.41) is 3.24. The lowest BCUT2D eigenvalue weighted by Gasteiger charge is -2.34. The summed E-state index contributed by atoms with van der Waals surface area (Å²) in [5.74, 6) is -0.163. The van der Waals surface area contributed by atoms with E-state index in [0.717, 1.165) is 45.7 Å². The van der Waals surface area contributed by atoms with Gasteiger partial charge in [0.1, 0.15) is 6.04 Å². The SMILES string of the molecule is CCCNC(CCN1CCOCC1C)C(=O)OC. The number of morpholine rings is 1. The monoisotopic (exact) mass is 258 g/mol. The van der Waals surface area contributed by atoms with Gasteiger partial charge in [-0.25, -0.2) is 0 Å². The maximum Gasteiger partial charge on any atom is 0.322 e. The molecule has 1 aliphatic heterocycles. The lowest BCUT2D eigenvalue weighted by molar-refractivity contribution is -0.143. The third-order valence-electron chi connectivity index (χ3n) is 3.34. The molecule has 1 aliphatic rings. The predicted molar refractivity (Wildman–Crippen MR) is 70.6 cm³/mol. The van der Waals surface area contributed by atoms with Crippen LogP contribution in [0.25, 0.3) is 0 Å². The van der Waals surface area contributed by atoms with Crippen LogP contribution in [0.2, 0.25) is 0 Å². The lowest BCUT2D eigenvalue weighted by atomic mass is 10.1. The maximum atomic E-state index is 11.6. The molecule has 1 N–H and O–H groups in total. The van der Waals surface area contributed by atoms with Crippen molar-refractivity contribution in [2.24, 2.45) is 0 Å². The van der Waals surface area contributed by atoms with E-state index in [9.17, 15) is 4.79 Å². The van der Waals surface area contributed by atoms with Gasteiger partial charge in [0.05, 0.1) is 20.3 Å². The first-order valence-corrected chi connectivity index (χ1v) is 6.82. The Morgan fingerprint density at radius 1 is 1.61 bits per heavy atom. The van der Waals surface area contributed by atoms with E-state index in [-0.39, 0.29) is 12.0 Å². The Hall–Kier alpha value is -0.650. The van der Waals surface area contributed by atoms with Crippen LogP contribution in [0.5, 0.6) is 0 Å². The van der Waals surface area contributed by atoms with E-state index in [1.54, 1.807) is 0 Å². The van der Waals surface area contributed by atoms with Crippen LogP contribution in [0, 0.1) is 0 Å². The quantitative estimate of drug-likeness (QED) is 0.679. The summed E-state index contributed by atoms with van der Waals surface area (Å²) in [6, 6.07) is 0.244. The zero-order valence-electron chi connectivity index (χ0n) is 11.8. The van der Waals surface area contributed by atoms with Gasteiger partial charge in [0.25, 0.3) is 0 Å². The van der Waals surface area contributed by atoms with Gasteiger partial charge in [-0.2, -0.15) is 0 Å². The van der Waals surface area contributed by atoms with Crippen molar-refractivity contribution in [2.45, 2.75) is 38.8 Å². The molecule has 5 nitrogen and oxygen atoms in total. The Morgan fingerprint density at radius 2 is 2.39 bits per heavy atom. The maximum absolute atomic E-state index is 11.6. The molecule has 0 bridgehead atoms. The van der Waals surface area contributed by atoms with Crippen molar-refractivity contribution in [1.82, 2.24) is 10.2 Å². The number of esters is 1. The highest BCUT2D eigenvalue weighted by Crippen LogP contribution is 2.08. The molecule has 1 rings (SSSR count). The molecule has 2 unspecified atom stereocenters. The molecule has 18 heavy (non-hydrogen) atoms. The van der Waals surface area contributed by atoms with Crippen LogP contribution in [0.1, 0.15) is 26.7 Å². The van der Waals surface area contributed by atoms with E-state index in [1.165, 1.54) is 7.11 Å². The number of carbonyl (C=O) groups excluding carboxylic acids is 1. The molecule has 0 amide bonds. The van der Waals surface area contributed by atoms with Crippen LogP contribution in [0.15, 0.2) is 0 Å². The fourth-order valence-electron chi connectivity index (χ4n) is 2.15. The minimum absolute atomic E-state index is 0.163. The summed E-state index contributed by atoms with van der Waals surface area (Å²) in [5.41, 5.74) is 0. The normalized spacial score (nSPS) is 22.7. The van der Waals surface area contributed by atoms with Gasteiger partial charge < -0.3 is 14.8 Å². The number of rotatable bonds is 7. The standard InChI is InChI=1S/C13H26N2O3/c1-4-6-14-12(13(16)17-3)5-7-15-8-9-18-10-11(15)2/h11-12,14H,4-10H2,1-3H3. The van der Waals surface area contributed by atoms with Crippen molar-refractivity contribution in [1.29, 1.82) is 0 Å². The van der Waals surface area contributed by atoms with Gasteiger partial charge in [0.15, 0.2) is 0 Å². The van der Waals surface area contributed by atoms with Crippen molar-refractivity contribution in [3.05, 3.63) is 0 Å². The Kier molecular flexibility index (Phi) is 7.23. The highest BCUT2D eigenvalue weighted by Gasteiger charge is 2.23. The summed E-state index contributed by atoms with van der Waals surface area (Å²) in [7, 11) is 1.44. The van der Waals surface area contributed by atoms with Crippen LogP contribution in [0.4, 0.5) is 0 Å². The molecule has 0 spiro atoms. The first kappa shape index (κ1) is 15.4. The van der Waals surface area contributed by atoms with Gasteiger partial charge in [-0.3, -0.25) is 9.69 Å². The van der Waals surface area contributed by atoms with Crippen molar-refractivity contribution in [2.75, 3.05) is 40.0 Å². The molecule has 0 aliphatic carbocycles.